The Morgan fingerprint density at radius 2 is 1.71 bits per heavy atom. The van der Waals surface area contributed by atoms with Crippen LogP contribution in [0, 0.1) is 0 Å². The Labute approximate surface area is 199 Å². The van der Waals surface area contributed by atoms with Crippen LogP contribution in [-0.4, -0.2) is 25.6 Å². The first kappa shape index (κ1) is 25.3. The predicted molar refractivity (Wildman–Crippen MR) is 104 cm³/mol. The van der Waals surface area contributed by atoms with Gasteiger partial charge >= 0.3 is 29.6 Å². The summed E-state index contributed by atoms with van der Waals surface area (Å²) in [6, 6.07) is 8.39. The SMILES string of the molecule is O.O=C(Nc1ccc(Cl)c(Cl)c1)C1=C([O-])c2cc(Cl)ccc2S(=O)(=O)CC1.[Na+]. The third kappa shape index (κ3) is 5.23. The van der Waals surface area contributed by atoms with E-state index in [9.17, 15) is 18.3 Å². The number of carbonyl (C=O) groups is 1. The number of nitrogens with one attached hydrogen (secondary N) is 1. The normalized spacial score (nSPS) is 14.8. The molecule has 2 aromatic rings. The minimum absolute atomic E-state index is 0. The summed E-state index contributed by atoms with van der Waals surface area (Å²) in [4.78, 5) is 12.4. The zero-order valence-corrected chi connectivity index (χ0v) is 19.6. The van der Waals surface area contributed by atoms with Gasteiger partial charge in [-0.1, -0.05) is 40.6 Å². The number of anilines is 1. The number of sulfone groups is 1. The molecule has 1 aliphatic rings. The zero-order valence-electron chi connectivity index (χ0n) is 14.6. The molecule has 1 aliphatic heterocycles. The van der Waals surface area contributed by atoms with E-state index in [-0.39, 0.29) is 73.3 Å². The van der Waals surface area contributed by atoms with E-state index in [2.05, 4.69) is 5.32 Å². The quantitative estimate of drug-likeness (QED) is 0.605. The molecule has 144 valence electrons. The van der Waals surface area contributed by atoms with Gasteiger partial charge in [-0.15, -0.1) is 0 Å². The first-order valence-electron chi connectivity index (χ1n) is 7.38. The van der Waals surface area contributed by atoms with Crippen LogP contribution in [0.5, 0.6) is 0 Å². The van der Waals surface area contributed by atoms with E-state index in [4.69, 9.17) is 34.8 Å². The van der Waals surface area contributed by atoms with Crippen LogP contribution in [0.25, 0.3) is 5.76 Å². The Morgan fingerprint density at radius 1 is 1.04 bits per heavy atom. The van der Waals surface area contributed by atoms with Crippen LogP contribution < -0.4 is 40.0 Å². The number of fused-ring (bicyclic) bond motifs is 1. The molecule has 0 fully saturated rings. The summed E-state index contributed by atoms with van der Waals surface area (Å²) in [5.74, 6) is -1.71. The Balaban J connectivity index is 0.00000196. The molecular weight excluding hydrogens is 460 g/mol. The molecule has 3 N–H and O–H groups in total. The molecule has 0 radical (unpaired) electrons. The maximum Gasteiger partial charge on any atom is 1.00 e. The topological polar surface area (TPSA) is 118 Å². The Kier molecular flexibility index (Phi) is 8.86. The van der Waals surface area contributed by atoms with Crippen LogP contribution in [0.15, 0.2) is 46.9 Å². The zero-order chi connectivity index (χ0) is 19.1. The van der Waals surface area contributed by atoms with Crippen molar-refractivity contribution in [3.63, 3.8) is 0 Å². The van der Waals surface area contributed by atoms with Gasteiger partial charge in [-0.05, 0) is 48.4 Å². The molecule has 28 heavy (non-hydrogen) atoms. The van der Waals surface area contributed by atoms with Gasteiger partial charge in [0, 0.05) is 16.3 Å². The molecule has 0 aromatic heterocycles. The molecule has 11 heteroatoms. The molecule has 2 aromatic carbocycles. The van der Waals surface area contributed by atoms with Crippen molar-refractivity contribution in [3.05, 3.63) is 62.6 Å². The number of amides is 1. The van der Waals surface area contributed by atoms with Gasteiger partial charge in [0.2, 0.25) is 0 Å². The third-order valence-electron chi connectivity index (χ3n) is 3.87. The van der Waals surface area contributed by atoms with Crippen molar-refractivity contribution in [2.24, 2.45) is 0 Å². The number of carbonyl (C=O) groups excluding carboxylic acids is 1. The minimum atomic E-state index is -3.70. The molecular formula is C17H13Cl3NNaO5S. The number of benzene rings is 2. The molecule has 0 bridgehead atoms. The average molecular weight is 473 g/mol. The van der Waals surface area contributed by atoms with Crippen molar-refractivity contribution in [3.8, 4) is 0 Å². The van der Waals surface area contributed by atoms with Gasteiger partial charge in [0.05, 0.1) is 20.7 Å². The second-order valence-electron chi connectivity index (χ2n) is 5.60. The molecule has 0 saturated carbocycles. The first-order valence-corrected chi connectivity index (χ1v) is 10.2. The summed E-state index contributed by atoms with van der Waals surface area (Å²) >= 11 is 17.6. The minimum Gasteiger partial charge on any atom is -0.872 e. The van der Waals surface area contributed by atoms with Gasteiger partial charge in [0.25, 0.3) is 5.91 Å². The van der Waals surface area contributed by atoms with E-state index in [0.717, 1.165) is 0 Å². The molecule has 0 spiro atoms. The fourth-order valence-electron chi connectivity index (χ4n) is 2.57. The monoisotopic (exact) mass is 471 g/mol. The summed E-state index contributed by atoms with van der Waals surface area (Å²) in [5.41, 5.74) is 0.0677. The molecule has 1 amide bonds. The van der Waals surface area contributed by atoms with E-state index in [0.29, 0.717) is 10.7 Å². The predicted octanol–water partition coefficient (Wildman–Crippen LogP) is -0.286. The molecule has 0 atom stereocenters. The van der Waals surface area contributed by atoms with Gasteiger partial charge in [-0.25, -0.2) is 8.42 Å². The summed E-state index contributed by atoms with van der Waals surface area (Å²) in [5, 5.41) is 16.1. The fraction of sp³-hybridized carbons (Fsp3) is 0.118. The van der Waals surface area contributed by atoms with Gasteiger partial charge in [-0.3, -0.25) is 4.79 Å². The second-order valence-corrected chi connectivity index (χ2v) is 8.93. The van der Waals surface area contributed by atoms with Gasteiger partial charge in [0.1, 0.15) is 0 Å². The number of hydrogen-bond acceptors (Lipinski definition) is 4. The van der Waals surface area contributed by atoms with Crippen molar-refractivity contribution >= 4 is 62.0 Å². The summed E-state index contributed by atoms with van der Waals surface area (Å²) in [6.45, 7) is 0. The molecule has 0 unspecified atom stereocenters. The summed E-state index contributed by atoms with van der Waals surface area (Å²) in [7, 11) is -3.70. The smallest absolute Gasteiger partial charge is 0.872 e. The van der Waals surface area contributed by atoms with Crippen LogP contribution >= 0.6 is 34.8 Å². The van der Waals surface area contributed by atoms with Crippen molar-refractivity contribution in [1.29, 1.82) is 0 Å². The van der Waals surface area contributed by atoms with Crippen LogP contribution in [-0.2, 0) is 14.6 Å². The standard InChI is InChI=1S/C17H12Cl3NO4S.Na.H2O/c18-9-1-4-15-12(7-9)16(22)11(5-6-26(15,24)25)17(23)21-10-2-3-13(19)14(20)8-10;;/h1-4,7-8,22H,5-6H2,(H,21,23);;1H2/q;+1;/p-1. The number of hydrogen-bond donors (Lipinski definition) is 1. The van der Waals surface area contributed by atoms with Gasteiger partial charge < -0.3 is 15.9 Å². The number of rotatable bonds is 2. The van der Waals surface area contributed by atoms with Gasteiger partial charge in [-0.2, -0.15) is 0 Å². The average Bonchev–Trinajstić information content (AvgIpc) is 2.66. The van der Waals surface area contributed by atoms with Gasteiger partial charge in [0.15, 0.2) is 9.84 Å². The Bertz CT molecular complexity index is 1060. The van der Waals surface area contributed by atoms with E-state index >= 15 is 0 Å². The van der Waals surface area contributed by atoms with Crippen LogP contribution in [0.3, 0.4) is 0 Å². The van der Waals surface area contributed by atoms with Crippen molar-refractivity contribution in [2.75, 3.05) is 11.1 Å². The maximum absolute atomic E-state index is 12.8. The first-order chi connectivity index (χ1) is 12.2. The van der Waals surface area contributed by atoms with Crippen LogP contribution in [0.1, 0.15) is 12.0 Å². The van der Waals surface area contributed by atoms with E-state index in [1.165, 1.54) is 36.4 Å². The third-order valence-corrected chi connectivity index (χ3v) is 6.61. The molecule has 3 rings (SSSR count). The van der Waals surface area contributed by atoms with Crippen molar-refractivity contribution in [2.45, 2.75) is 11.3 Å². The fourth-order valence-corrected chi connectivity index (χ4v) is 4.50. The Hall–Kier alpha value is -0.770. The van der Waals surface area contributed by atoms with E-state index in [1.54, 1.807) is 0 Å². The summed E-state index contributed by atoms with van der Waals surface area (Å²) in [6.07, 6.45) is -0.208. The molecule has 6 nitrogen and oxygen atoms in total. The molecule has 0 aliphatic carbocycles. The number of halogens is 3. The largest absolute Gasteiger partial charge is 1.00 e. The summed E-state index contributed by atoms with van der Waals surface area (Å²) < 4.78 is 24.8. The van der Waals surface area contributed by atoms with Crippen LogP contribution in [0.4, 0.5) is 5.69 Å². The Morgan fingerprint density at radius 3 is 2.36 bits per heavy atom. The van der Waals surface area contributed by atoms with E-state index < -0.39 is 21.5 Å². The second kappa shape index (κ2) is 9.82. The van der Waals surface area contributed by atoms with Crippen molar-refractivity contribution < 1.29 is 53.4 Å². The van der Waals surface area contributed by atoms with Crippen molar-refractivity contribution in [1.82, 2.24) is 0 Å². The molecule has 0 saturated heterocycles. The van der Waals surface area contributed by atoms with E-state index in [1.807, 2.05) is 0 Å². The van der Waals surface area contributed by atoms with Crippen LogP contribution in [0.2, 0.25) is 15.1 Å². The molecule has 1 heterocycles. The maximum atomic E-state index is 12.8.